The average Bonchev–Trinajstić information content (AvgIpc) is 2.27. The van der Waals surface area contributed by atoms with E-state index in [1.807, 2.05) is 31.3 Å². The summed E-state index contributed by atoms with van der Waals surface area (Å²) in [5.41, 5.74) is 1.11. The minimum absolute atomic E-state index is 0.0560. The van der Waals surface area contributed by atoms with Crippen LogP contribution in [0.4, 0.5) is 0 Å². The zero-order chi connectivity index (χ0) is 11.1. The van der Waals surface area contributed by atoms with Crippen molar-refractivity contribution >= 4 is 5.97 Å². The molecule has 82 valence electrons. The first-order chi connectivity index (χ1) is 7.26. The maximum Gasteiger partial charge on any atom is 0.343 e. The highest BCUT2D eigenvalue weighted by Crippen LogP contribution is 2.12. The quantitative estimate of drug-likeness (QED) is 0.734. The minimum atomic E-state index is -0.381. The third-order valence-corrected chi connectivity index (χ3v) is 1.86. The van der Waals surface area contributed by atoms with Crippen molar-refractivity contribution in [2.24, 2.45) is 0 Å². The summed E-state index contributed by atoms with van der Waals surface area (Å²) in [5, 5.41) is 3.04. The summed E-state index contributed by atoms with van der Waals surface area (Å²) >= 11 is 0. The van der Waals surface area contributed by atoms with Gasteiger partial charge in [0.15, 0.2) is 6.61 Å². The minimum Gasteiger partial charge on any atom is -0.482 e. The summed E-state index contributed by atoms with van der Waals surface area (Å²) in [5.74, 6) is 0.294. The molecule has 4 heteroatoms. The molecular weight excluding hydrogens is 194 g/mol. The van der Waals surface area contributed by atoms with Crippen molar-refractivity contribution in [3.8, 4) is 5.75 Å². The van der Waals surface area contributed by atoms with E-state index in [1.54, 1.807) is 0 Å². The molecule has 4 nitrogen and oxygen atoms in total. The van der Waals surface area contributed by atoms with Crippen molar-refractivity contribution in [3.63, 3.8) is 0 Å². The second-order valence-electron chi connectivity index (χ2n) is 3.04. The lowest BCUT2D eigenvalue weighted by atomic mass is 10.2. The number of hydrogen-bond donors (Lipinski definition) is 1. The highest BCUT2D eigenvalue weighted by Gasteiger charge is 2.01. The first-order valence-corrected chi connectivity index (χ1v) is 4.69. The predicted octanol–water partition coefficient (Wildman–Crippen LogP) is 0.958. The van der Waals surface area contributed by atoms with E-state index in [0.717, 1.165) is 12.1 Å². The number of methoxy groups -OCH3 is 1. The molecule has 0 fully saturated rings. The first kappa shape index (κ1) is 11.5. The molecule has 0 aliphatic rings. The van der Waals surface area contributed by atoms with Crippen LogP contribution in [0, 0.1) is 0 Å². The first-order valence-electron chi connectivity index (χ1n) is 4.69. The smallest absolute Gasteiger partial charge is 0.343 e. The molecule has 0 heterocycles. The summed E-state index contributed by atoms with van der Waals surface area (Å²) in [7, 11) is 3.21. The third kappa shape index (κ3) is 3.99. The van der Waals surface area contributed by atoms with Crippen molar-refractivity contribution in [1.29, 1.82) is 0 Å². The molecule has 15 heavy (non-hydrogen) atoms. The van der Waals surface area contributed by atoms with Crippen LogP contribution < -0.4 is 10.1 Å². The van der Waals surface area contributed by atoms with Crippen molar-refractivity contribution < 1.29 is 14.3 Å². The summed E-state index contributed by atoms with van der Waals surface area (Å²) < 4.78 is 9.72. The van der Waals surface area contributed by atoms with Crippen molar-refractivity contribution in [1.82, 2.24) is 5.32 Å². The molecule has 0 radical (unpaired) electrons. The van der Waals surface area contributed by atoms with Crippen LogP contribution in [0.1, 0.15) is 5.56 Å². The Morgan fingerprint density at radius 1 is 1.47 bits per heavy atom. The maximum absolute atomic E-state index is 10.8. The summed E-state index contributed by atoms with van der Waals surface area (Å²) in [4.78, 5) is 10.8. The second kappa shape index (κ2) is 6.03. The van der Waals surface area contributed by atoms with Crippen molar-refractivity contribution in [3.05, 3.63) is 29.8 Å². The number of carbonyl (C=O) groups is 1. The molecule has 0 aliphatic carbocycles. The summed E-state index contributed by atoms with van der Waals surface area (Å²) in [6, 6.07) is 7.57. The van der Waals surface area contributed by atoms with Gasteiger partial charge in [0.1, 0.15) is 5.75 Å². The molecule has 0 unspecified atom stereocenters. The largest absolute Gasteiger partial charge is 0.482 e. The molecule has 0 aliphatic heterocycles. The van der Waals surface area contributed by atoms with Crippen molar-refractivity contribution in [2.75, 3.05) is 20.8 Å². The lowest BCUT2D eigenvalue weighted by molar-refractivity contribution is -0.142. The lowest BCUT2D eigenvalue weighted by Crippen LogP contribution is -2.12. The lowest BCUT2D eigenvalue weighted by Gasteiger charge is -2.06. The monoisotopic (exact) mass is 209 g/mol. The Hall–Kier alpha value is -1.55. The normalized spacial score (nSPS) is 9.73. The number of hydrogen-bond acceptors (Lipinski definition) is 4. The number of esters is 1. The van der Waals surface area contributed by atoms with E-state index in [0.29, 0.717) is 5.75 Å². The van der Waals surface area contributed by atoms with E-state index in [9.17, 15) is 4.79 Å². The maximum atomic E-state index is 10.8. The number of rotatable bonds is 5. The van der Waals surface area contributed by atoms with Gasteiger partial charge in [-0.2, -0.15) is 0 Å². The molecule has 0 amide bonds. The standard InChI is InChI=1S/C11H15NO3/c1-12-7-9-4-3-5-10(6-9)15-8-11(13)14-2/h3-6,12H,7-8H2,1-2H3. The molecule has 0 saturated heterocycles. The van der Waals surface area contributed by atoms with Gasteiger partial charge in [-0.1, -0.05) is 12.1 Å². The number of carbonyl (C=O) groups excluding carboxylic acids is 1. The fraction of sp³-hybridized carbons (Fsp3) is 0.364. The summed E-state index contributed by atoms with van der Waals surface area (Å²) in [6.45, 7) is 0.717. The van der Waals surface area contributed by atoms with Gasteiger partial charge in [-0.25, -0.2) is 4.79 Å². The van der Waals surface area contributed by atoms with Crippen LogP contribution in [0.2, 0.25) is 0 Å². The number of ether oxygens (including phenoxy) is 2. The molecule has 0 bridgehead atoms. The Bertz CT molecular complexity index is 325. The molecule has 0 spiro atoms. The van der Waals surface area contributed by atoms with Gasteiger partial charge < -0.3 is 14.8 Å². The third-order valence-electron chi connectivity index (χ3n) is 1.86. The van der Waals surface area contributed by atoms with Gasteiger partial charge in [0.25, 0.3) is 0 Å². The average molecular weight is 209 g/mol. The summed E-state index contributed by atoms with van der Waals surface area (Å²) in [6.07, 6.45) is 0. The van der Waals surface area contributed by atoms with E-state index in [4.69, 9.17) is 4.74 Å². The van der Waals surface area contributed by atoms with Crippen LogP contribution in [0.25, 0.3) is 0 Å². The molecule has 1 rings (SSSR count). The highest BCUT2D eigenvalue weighted by molar-refractivity contribution is 5.70. The Balaban J connectivity index is 2.53. The fourth-order valence-corrected chi connectivity index (χ4v) is 1.15. The molecule has 1 aromatic rings. The van der Waals surface area contributed by atoms with E-state index < -0.39 is 0 Å². The molecule has 0 saturated carbocycles. The SMILES string of the molecule is CNCc1cccc(OCC(=O)OC)c1. The van der Waals surface area contributed by atoms with Crippen LogP contribution in [0.15, 0.2) is 24.3 Å². The van der Waals surface area contributed by atoms with Crippen LogP contribution >= 0.6 is 0 Å². The van der Waals surface area contributed by atoms with E-state index in [1.165, 1.54) is 7.11 Å². The van der Waals surface area contributed by atoms with Gasteiger partial charge in [0.2, 0.25) is 0 Å². The fourth-order valence-electron chi connectivity index (χ4n) is 1.15. The number of benzene rings is 1. The molecular formula is C11H15NO3. The van der Waals surface area contributed by atoms with Gasteiger partial charge in [0.05, 0.1) is 7.11 Å². The second-order valence-corrected chi connectivity index (χ2v) is 3.04. The van der Waals surface area contributed by atoms with Gasteiger partial charge in [0, 0.05) is 6.54 Å². The number of nitrogens with one attached hydrogen (secondary N) is 1. The van der Waals surface area contributed by atoms with Crippen molar-refractivity contribution in [2.45, 2.75) is 6.54 Å². The topological polar surface area (TPSA) is 47.6 Å². The van der Waals surface area contributed by atoms with Crippen LogP contribution in [-0.4, -0.2) is 26.7 Å². The van der Waals surface area contributed by atoms with Gasteiger partial charge >= 0.3 is 5.97 Å². The van der Waals surface area contributed by atoms with E-state index in [2.05, 4.69) is 10.1 Å². The van der Waals surface area contributed by atoms with Gasteiger partial charge in [-0.05, 0) is 24.7 Å². The van der Waals surface area contributed by atoms with Crippen LogP contribution in [-0.2, 0) is 16.1 Å². The molecule has 1 N–H and O–H groups in total. The van der Waals surface area contributed by atoms with Gasteiger partial charge in [-0.3, -0.25) is 0 Å². The molecule has 0 aromatic heterocycles. The zero-order valence-corrected chi connectivity index (χ0v) is 8.95. The van der Waals surface area contributed by atoms with E-state index >= 15 is 0 Å². The molecule has 0 atom stereocenters. The predicted molar refractivity (Wildman–Crippen MR) is 56.7 cm³/mol. The Morgan fingerprint density at radius 3 is 2.93 bits per heavy atom. The Kier molecular flexibility index (Phi) is 4.63. The van der Waals surface area contributed by atoms with Crippen LogP contribution in [0.5, 0.6) is 5.75 Å². The Morgan fingerprint density at radius 2 is 2.27 bits per heavy atom. The van der Waals surface area contributed by atoms with E-state index in [-0.39, 0.29) is 12.6 Å². The zero-order valence-electron chi connectivity index (χ0n) is 8.95. The van der Waals surface area contributed by atoms with Crippen LogP contribution in [0.3, 0.4) is 0 Å². The highest BCUT2D eigenvalue weighted by atomic mass is 16.6. The Labute approximate surface area is 89.2 Å². The molecule has 1 aromatic carbocycles. The van der Waals surface area contributed by atoms with Gasteiger partial charge in [-0.15, -0.1) is 0 Å².